The van der Waals surface area contributed by atoms with Crippen LogP contribution < -0.4 is 16.5 Å². The molecule has 1 aliphatic rings. The molecular weight excluding hydrogens is 554 g/mol. The van der Waals surface area contributed by atoms with E-state index in [1.165, 1.54) is 11.1 Å². The number of nitrogens with zero attached hydrogens (tertiary/aromatic N) is 3. The second-order valence-corrected chi connectivity index (χ2v) is 12.6. The molecule has 0 fully saturated rings. The van der Waals surface area contributed by atoms with Crippen LogP contribution in [0.2, 0.25) is 0 Å². The van der Waals surface area contributed by atoms with Gasteiger partial charge < -0.3 is 0 Å². The lowest BCUT2D eigenvalue weighted by atomic mass is 9.86. The van der Waals surface area contributed by atoms with E-state index in [9.17, 15) is 9.59 Å². The molecule has 11 rings (SSSR count). The molecule has 210 valence electrons. The molecule has 3 aromatic heterocycles. The lowest BCUT2D eigenvalue weighted by Crippen LogP contribution is -2.33. The molecule has 5 nitrogen and oxygen atoms in total. The minimum absolute atomic E-state index is 0.0236. The molecule has 5 heteroatoms. The summed E-state index contributed by atoms with van der Waals surface area (Å²) in [5, 5.41) is 13.1. The van der Waals surface area contributed by atoms with Crippen molar-refractivity contribution in [2.45, 2.75) is 19.8 Å². The molecule has 0 bridgehead atoms. The predicted octanol–water partition coefficient (Wildman–Crippen LogP) is 7.63. The van der Waals surface area contributed by atoms with Crippen molar-refractivity contribution in [1.82, 2.24) is 14.0 Å². The first-order valence-electron chi connectivity index (χ1n) is 15.5. The molecule has 45 heavy (non-hydrogen) atoms. The fraction of sp³-hybridized carbons (Fsp3) is 0.0750. The Hall–Kier alpha value is -5.81. The van der Waals surface area contributed by atoms with Crippen LogP contribution in [-0.2, 0) is 6.42 Å². The molecule has 1 aliphatic heterocycles. The summed E-state index contributed by atoms with van der Waals surface area (Å²) in [6.45, 7) is 2.17. The summed E-state index contributed by atoms with van der Waals surface area (Å²) in [6.07, 6.45) is 1.81. The van der Waals surface area contributed by atoms with Crippen LogP contribution in [0.4, 0.5) is 0 Å². The zero-order valence-electron chi connectivity index (χ0n) is 24.3. The summed E-state index contributed by atoms with van der Waals surface area (Å²) in [7, 11) is 0. The van der Waals surface area contributed by atoms with Gasteiger partial charge >= 0.3 is 0 Å². The van der Waals surface area contributed by atoms with E-state index in [1.54, 1.807) is 4.40 Å². The fourth-order valence-corrected chi connectivity index (χ4v) is 8.54. The zero-order valence-corrected chi connectivity index (χ0v) is 24.3. The highest BCUT2D eigenvalue weighted by atomic mass is 16.1. The van der Waals surface area contributed by atoms with E-state index in [2.05, 4.69) is 61.5 Å². The van der Waals surface area contributed by atoms with Gasteiger partial charge in [-0.3, -0.25) is 18.6 Å². The summed E-state index contributed by atoms with van der Waals surface area (Å²) in [6, 6.07) is 33.1. The molecule has 0 amide bonds. The highest BCUT2D eigenvalue weighted by Crippen LogP contribution is 2.45. The van der Waals surface area contributed by atoms with Gasteiger partial charge in [0.05, 0.1) is 22.1 Å². The van der Waals surface area contributed by atoms with E-state index >= 15 is 0 Å². The number of hydrogen-bond donors (Lipinski definition) is 0. The second-order valence-electron chi connectivity index (χ2n) is 12.6. The number of para-hydroxylation sites is 3. The Morgan fingerprint density at radius 3 is 1.87 bits per heavy atom. The Kier molecular flexibility index (Phi) is 4.10. The molecular formula is C40H23N3O2. The molecule has 0 N–H and O–H groups in total. The van der Waals surface area contributed by atoms with E-state index in [4.69, 9.17) is 4.98 Å². The van der Waals surface area contributed by atoms with Crippen molar-refractivity contribution in [3.63, 3.8) is 0 Å². The first-order chi connectivity index (χ1) is 22.1. The number of fused-ring (bicyclic) bond motifs is 10. The third-order valence-corrected chi connectivity index (χ3v) is 10.5. The Bertz CT molecular complexity index is 3130. The minimum atomic E-state index is -0.0484. The summed E-state index contributed by atoms with van der Waals surface area (Å²) in [5.41, 5.74) is 5.71. The number of hydrogen-bond acceptors (Lipinski definition) is 3. The van der Waals surface area contributed by atoms with Gasteiger partial charge in [-0.15, -0.1) is 0 Å². The molecule has 7 aromatic carbocycles. The third-order valence-electron chi connectivity index (χ3n) is 10.5. The Morgan fingerprint density at radius 1 is 0.556 bits per heavy atom. The lowest BCUT2D eigenvalue weighted by Gasteiger charge is -2.20. The van der Waals surface area contributed by atoms with Crippen LogP contribution in [0.3, 0.4) is 0 Å². The molecule has 0 spiro atoms. The molecule has 0 atom stereocenters. The maximum Gasteiger partial charge on any atom is 0.264 e. The van der Waals surface area contributed by atoms with Gasteiger partial charge in [0.2, 0.25) is 0 Å². The SMILES string of the molecule is CC1=c2c3ccc4c5ccc6c(=O)n7c8ccccc8nc7c7ccc(c8ccc(c(=O)n2-c2ccccc2CC1)c3c48)c5c67. The Balaban J connectivity index is 1.37. The van der Waals surface area contributed by atoms with Gasteiger partial charge in [-0.05, 0) is 99.6 Å². The fourth-order valence-electron chi connectivity index (χ4n) is 8.54. The van der Waals surface area contributed by atoms with Crippen molar-refractivity contribution < 1.29 is 0 Å². The van der Waals surface area contributed by atoms with Crippen molar-refractivity contribution in [2.24, 2.45) is 0 Å². The van der Waals surface area contributed by atoms with Crippen LogP contribution in [0, 0.1) is 0 Å². The van der Waals surface area contributed by atoms with Gasteiger partial charge in [-0.25, -0.2) is 4.98 Å². The van der Waals surface area contributed by atoms with Crippen molar-refractivity contribution in [2.75, 3.05) is 0 Å². The standard InChI is InChI=1S/C40H23N3O2/c1-20-10-11-21-6-2-4-8-31(21)42-37(20)26-16-12-22-25-15-19-29-36-27(38-41-30-7-3-5-9-32(30)43(38)40(29)45)17-13-23(34(25)36)24-14-18-28(39(42)44)35(26)33(22)24/h2-9,12-19H,10-11H2,1H3. The monoisotopic (exact) mass is 577 g/mol. The van der Waals surface area contributed by atoms with Crippen LogP contribution in [0.5, 0.6) is 0 Å². The van der Waals surface area contributed by atoms with Gasteiger partial charge in [0, 0.05) is 32.3 Å². The normalized spacial score (nSPS) is 13.8. The van der Waals surface area contributed by atoms with Crippen LogP contribution >= 0.6 is 0 Å². The number of benzene rings is 7. The van der Waals surface area contributed by atoms with E-state index in [0.29, 0.717) is 11.0 Å². The van der Waals surface area contributed by atoms with Crippen molar-refractivity contribution in [3.05, 3.63) is 129 Å². The Labute approximate surface area is 254 Å². The number of pyridine rings is 2. The Morgan fingerprint density at radius 2 is 1.11 bits per heavy atom. The average molecular weight is 578 g/mol. The lowest BCUT2D eigenvalue weighted by molar-refractivity contribution is 0.960. The quantitative estimate of drug-likeness (QED) is 0.138. The van der Waals surface area contributed by atoms with Crippen LogP contribution in [-0.4, -0.2) is 14.0 Å². The zero-order chi connectivity index (χ0) is 29.7. The van der Waals surface area contributed by atoms with Crippen molar-refractivity contribution >= 4 is 86.9 Å². The van der Waals surface area contributed by atoms with Gasteiger partial charge in [0.1, 0.15) is 5.65 Å². The van der Waals surface area contributed by atoms with Gasteiger partial charge in [0.15, 0.2) is 0 Å². The molecule has 0 aliphatic carbocycles. The minimum Gasteiger partial charge on any atom is -0.276 e. The smallest absolute Gasteiger partial charge is 0.264 e. The second kappa shape index (κ2) is 7.82. The largest absolute Gasteiger partial charge is 0.276 e. The highest BCUT2D eigenvalue weighted by Gasteiger charge is 2.24. The summed E-state index contributed by atoms with van der Waals surface area (Å²) >= 11 is 0. The summed E-state index contributed by atoms with van der Waals surface area (Å²) in [4.78, 5) is 33.5. The molecule has 0 saturated heterocycles. The highest BCUT2D eigenvalue weighted by molar-refractivity contribution is 6.40. The van der Waals surface area contributed by atoms with Crippen LogP contribution in [0.15, 0.2) is 107 Å². The van der Waals surface area contributed by atoms with Crippen LogP contribution in [0.25, 0.3) is 92.6 Å². The number of aromatic nitrogens is 3. The molecule has 0 unspecified atom stereocenters. The maximum atomic E-state index is 14.5. The maximum absolute atomic E-state index is 14.5. The van der Waals surface area contributed by atoms with E-state index in [-0.39, 0.29) is 11.1 Å². The molecule has 4 heterocycles. The third kappa shape index (κ3) is 2.66. The van der Waals surface area contributed by atoms with E-state index in [0.717, 1.165) is 94.2 Å². The summed E-state index contributed by atoms with van der Waals surface area (Å²) in [5.74, 6) is 0. The first kappa shape index (κ1) is 23.6. The molecule has 0 saturated carbocycles. The number of rotatable bonds is 0. The summed E-state index contributed by atoms with van der Waals surface area (Å²) < 4.78 is 3.71. The first-order valence-corrected chi connectivity index (χ1v) is 15.5. The predicted molar refractivity (Wildman–Crippen MR) is 185 cm³/mol. The van der Waals surface area contributed by atoms with Crippen molar-refractivity contribution in [3.8, 4) is 5.69 Å². The molecule has 10 aromatic rings. The number of imidazole rings is 1. The number of aryl methyl sites for hydroxylation is 1. The van der Waals surface area contributed by atoms with E-state index < -0.39 is 0 Å². The van der Waals surface area contributed by atoms with Gasteiger partial charge in [-0.2, -0.15) is 0 Å². The van der Waals surface area contributed by atoms with Gasteiger partial charge in [0.25, 0.3) is 11.1 Å². The van der Waals surface area contributed by atoms with Gasteiger partial charge in [-0.1, -0.05) is 60.7 Å². The van der Waals surface area contributed by atoms with Crippen LogP contribution in [0.1, 0.15) is 18.9 Å². The topological polar surface area (TPSA) is 56.4 Å². The molecule has 0 radical (unpaired) electrons. The van der Waals surface area contributed by atoms with E-state index in [1.807, 2.05) is 47.0 Å². The average Bonchev–Trinajstić information content (AvgIpc) is 3.40. The van der Waals surface area contributed by atoms with Crippen molar-refractivity contribution in [1.29, 1.82) is 0 Å².